The number of halogens is 2. The molecule has 0 bridgehead atoms. The first-order chi connectivity index (χ1) is 5.79. The standard InChI is InChI=1S/C8H9Br2NS/c9-7-5-1-3-11-4-2-6(5)12-8(7)10/h11H,1-4H2. The van der Waals surface area contributed by atoms with Gasteiger partial charge in [0.15, 0.2) is 0 Å². The van der Waals surface area contributed by atoms with E-state index < -0.39 is 0 Å². The van der Waals surface area contributed by atoms with Gasteiger partial charge in [-0.15, -0.1) is 11.3 Å². The van der Waals surface area contributed by atoms with Gasteiger partial charge < -0.3 is 5.32 Å². The van der Waals surface area contributed by atoms with Gasteiger partial charge in [-0.1, -0.05) is 0 Å². The smallest absolute Gasteiger partial charge is 0.0846 e. The minimum absolute atomic E-state index is 1.11. The minimum atomic E-state index is 1.11. The fourth-order valence-electron chi connectivity index (χ4n) is 1.45. The van der Waals surface area contributed by atoms with Crippen molar-refractivity contribution in [2.75, 3.05) is 13.1 Å². The second-order valence-corrected chi connectivity index (χ2v) is 6.06. The van der Waals surface area contributed by atoms with E-state index >= 15 is 0 Å². The van der Waals surface area contributed by atoms with Crippen LogP contribution in [0.1, 0.15) is 10.4 Å². The van der Waals surface area contributed by atoms with Crippen molar-refractivity contribution < 1.29 is 0 Å². The lowest BCUT2D eigenvalue weighted by atomic mass is 10.2. The van der Waals surface area contributed by atoms with Crippen molar-refractivity contribution in [2.45, 2.75) is 12.8 Å². The largest absolute Gasteiger partial charge is 0.316 e. The van der Waals surface area contributed by atoms with Crippen molar-refractivity contribution in [3.8, 4) is 0 Å². The van der Waals surface area contributed by atoms with Crippen molar-refractivity contribution in [3.05, 3.63) is 18.7 Å². The quantitative estimate of drug-likeness (QED) is 0.777. The summed E-state index contributed by atoms with van der Waals surface area (Å²) in [4.78, 5) is 1.53. The second-order valence-electron chi connectivity index (χ2n) is 2.84. The third-order valence-electron chi connectivity index (χ3n) is 2.07. The van der Waals surface area contributed by atoms with Crippen molar-refractivity contribution in [1.29, 1.82) is 0 Å². The molecule has 1 aliphatic heterocycles. The van der Waals surface area contributed by atoms with Gasteiger partial charge >= 0.3 is 0 Å². The van der Waals surface area contributed by atoms with Crippen molar-refractivity contribution in [2.24, 2.45) is 0 Å². The molecule has 0 amide bonds. The summed E-state index contributed by atoms with van der Waals surface area (Å²) in [7, 11) is 0. The predicted octanol–water partition coefficient (Wildman–Crippen LogP) is 2.96. The van der Waals surface area contributed by atoms with Crippen LogP contribution in [0.25, 0.3) is 0 Å². The molecule has 0 aliphatic carbocycles. The van der Waals surface area contributed by atoms with Crippen LogP contribution >= 0.6 is 43.2 Å². The Hall–Kier alpha value is 0.620. The van der Waals surface area contributed by atoms with Gasteiger partial charge in [0.2, 0.25) is 0 Å². The van der Waals surface area contributed by atoms with Crippen LogP contribution in [0.15, 0.2) is 8.26 Å². The van der Waals surface area contributed by atoms with Gasteiger partial charge in [0.05, 0.1) is 3.79 Å². The molecule has 0 radical (unpaired) electrons. The molecule has 0 saturated carbocycles. The van der Waals surface area contributed by atoms with Crippen LogP contribution in [0, 0.1) is 0 Å². The average Bonchev–Trinajstić information content (AvgIpc) is 2.30. The number of fused-ring (bicyclic) bond motifs is 1. The van der Waals surface area contributed by atoms with E-state index in [0.717, 1.165) is 19.5 Å². The Bertz CT molecular complexity index is 295. The number of rotatable bonds is 0. The molecule has 0 spiro atoms. The Morgan fingerprint density at radius 3 is 2.75 bits per heavy atom. The molecule has 12 heavy (non-hydrogen) atoms. The zero-order chi connectivity index (χ0) is 8.55. The van der Waals surface area contributed by atoms with E-state index in [2.05, 4.69) is 37.2 Å². The van der Waals surface area contributed by atoms with Gasteiger partial charge in [-0.2, -0.15) is 0 Å². The Morgan fingerprint density at radius 1 is 1.17 bits per heavy atom. The summed E-state index contributed by atoms with van der Waals surface area (Å²) >= 11 is 9.02. The van der Waals surface area contributed by atoms with E-state index in [1.54, 1.807) is 0 Å². The molecule has 1 nitrogen and oxygen atoms in total. The first kappa shape index (κ1) is 9.19. The third kappa shape index (κ3) is 1.62. The molecule has 0 atom stereocenters. The van der Waals surface area contributed by atoms with E-state index in [4.69, 9.17) is 0 Å². The van der Waals surface area contributed by atoms with Gasteiger partial charge in [0.1, 0.15) is 0 Å². The van der Waals surface area contributed by atoms with Gasteiger partial charge in [-0.25, -0.2) is 0 Å². The lowest BCUT2D eigenvalue weighted by molar-refractivity contribution is 0.711. The molecular weight excluding hydrogens is 302 g/mol. The Balaban J connectivity index is 2.42. The van der Waals surface area contributed by atoms with Gasteiger partial charge in [0, 0.05) is 9.35 Å². The van der Waals surface area contributed by atoms with Crippen molar-refractivity contribution >= 4 is 43.2 Å². The fraction of sp³-hybridized carbons (Fsp3) is 0.500. The van der Waals surface area contributed by atoms with Crippen LogP contribution in [0.5, 0.6) is 0 Å². The van der Waals surface area contributed by atoms with E-state index in [0.29, 0.717) is 0 Å². The summed E-state index contributed by atoms with van der Waals surface area (Å²) in [5.74, 6) is 0. The molecule has 1 N–H and O–H groups in total. The average molecular weight is 311 g/mol. The first-order valence-electron chi connectivity index (χ1n) is 3.95. The maximum atomic E-state index is 3.61. The Labute approximate surface area is 92.8 Å². The van der Waals surface area contributed by atoms with Gasteiger partial charge in [0.25, 0.3) is 0 Å². The summed E-state index contributed by atoms with van der Waals surface area (Å²) in [5.41, 5.74) is 1.50. The highest BCUT2D eigenvalue weighted by atomic mass is 79.9. The van der Waals surface area contributed by atoms with Crippen LogP contribution in [-0.4, -0.2) is 13.1 Å². The van der Waals surface area contributed by atoms with Gasteiger partial charge in [-0.3, -0.25) is 0 Å². The normalized spacial score (nSPS) is 17.2. The zero-order valence-electron chi connectivity index (χ0n) is 6.49. The molecule has 4 heteroatoms. The third-order valence-corrected chi connectivity index (χ3v) is 5.70. The van der Waals surface area contributed by atoms with Crippen LogP contribution in [0.4, 0.5) is 0 Å². The highest BCUT2D eigenvalue weighted by molar-refractivity contribution is 9.13. The number of nitrogens with one attached hydrogen (secondary N) is 1. The monoisotopic (exact) mass is 309 g/mol. The number of hydrogen-bond acceptors (Lipinski definition) is 2. The molecular formula is C8H9Br2NS. The summed E-state index contributed by atoms with van der Waals surface area (Å²) in [6.45, 7) is 2.22. The van der Waals surface area contributed by atoms with Crippen molar-refractivity contribution in [3.63, 3.8) is 0 Å². The lowest BCUT2D eigenvalue weighted by Gasteiger charge is -1.96. The lowest BCUT2D eigenvalue weighted by Crippen LogP contribution is -2.16. The molecule has 1 aromatic heterocycles. The summed E-state index contributed by atoms with van der Waals surface area (Å²) in [5, 5.41) is 3.40. The number of thiophene rings is 1. The summed E-state index contributed by atoms with van der Waals surface area (Å²) in [6.07, 6.45) is 2.32. The van der Waals surface area contributed by atoms with E-state index in [9.17, 15) is 0 Å². The Kier molecular flexibility index (Phi) is 2.89. The summed E-state index contributed by atoms with van der Waals surface area (Å²) in [6, 6.07) is 0. The molecule has 0 saturated heterocycles. The Morgan fingerprint density at radius 2 is 1.92 bits per heavy atom. The van der Waals surface area contributed by atoms with Crippen LogP contribution < -0.4 is 5.32 Å². The highest BCUT2D eigenvalue weighted by Gasteiger charge is 2.15. The number of hydrogen-bond donors (Lipinski definition) is 1. The van der Waals surface area contributed by atoms with E-state index in [-0.39, 0.29) is 0 Å². The van der Waals surface area contributed by atoms with Crippen LogP contribution in [-0.2, 0) is 12.8 Å². The molecule has 0 aromatic carbocycles. The summed E-state index contributed by atoms with van der Waals surface area (Å²) < 4.78 is 2.51. The maximum Gasteiger partial charge on any atom is 0.0846 e. The van der Waals surface area contributed by atoms with E-state index in [1.165, 1.54) is 25.1 Å². The second kappa shape index (κ2) is 3.78. The molecule has 1 aromatic rings. The SMILES string of the molecule is Brc1sc2c(c1Br)CCNCC2. The van der Waals surface area contributed by atoms with E-state index in [1.807, 2.05) is 11.3 Å². The minimum Gasteiger partial charge on any atom is -0.316 e. The highest BCUT2D eigenvalue weighted by Crippen LogP contribution is 2.38. The fourth-order valence-corrected chi connectivity index (χ4v) is 4.04. The first-order valence-corrected chi connectivity index (χ1v) is 6.35. The molecule has 2 heterocycles. The van der Waals surface area contributed by atoms with Gasteiger partial charge in [-0.05, 0) is 63.4 Å². The zero-order valence-corrected chi connectivity index (χ0v) is 10.5. The molecule has 0 fully saturated rings. The molecule has 2 rings (SSSR count). The topological polar surface area (TPSA) is 12.0 Å². The van der Waals surface area contributed by atoms with Crippen LogP contribution in [0.3, 0.4) is 0 Å². The molecule has 66 valence electrons. The maximum absolute atomic E-state index is 3.61. The predicted molar refractivity (Wildman–Crippen MR) is 60.0 cm³/mol. The molecule has 0 unspecified atom stereocenters. The van der Waals surface area contributed by atoms with Crippen LogP contribution in [0.2, 0.25) is 0 Å². The molecule has 1 aliphatic rings. The van der Waals surface area contributed by atoms with Crippen molar-refractivity contribution in [1.82, 2.24) is 5.32 Å².